The van der Waals surface area contributed by atoms with Crippen LogP contribution < -0.4 is 17.0 Å². The number of nitrogens with two attached hydrogens (primary N) is 1. The van der Waals surface area contributed by atoms with E-state index in [9.17, 15) is 14.4 Å². The van der Waals surface area contributed by atoms with Crippen molar-refractivity contribution in [3.63, 3.8) is 0 Å². The number of imidazole rings is 1. The molecule has 9 heteroatoms. The highest BCUT2D eigenvalue weighted by Gasteiger charge is 2.22. The first kappa shape index (κ1) is 21.9. The van der Waals surface area contributed by atoms with Crippen LogP contribution in [0.2, 0.25) is 0 Å². The molecule has 0 aromatic carbocycles. The average molecular weight is 393 g/mol. The van der Waals surface area contributed by atoms with Gasteiger partial charge in [-0.3, -0.25) is 18.7 Å². The van der Waals surface area contributed by atoms with Gasteiger partial charge in [0.2, 0.25) is 0 Å². The first-order valence-electron chi connectivity index (χ1n) is 9.75. The Morgan fingerprint density at radius 3 is 2.57 bits per heavy atom. The van der Waals surface area contributed by atoms with Gasteiger partial charge in [-0.25, -0.2) is 9.78 Å². The lowest BCUT2D eigenvalue weighted by Gasteiger charge is -2.20. The summed E-state index contributed by atoms with van der Waals surface area (Å²) in [6, 6.07) is -0.611. The molecular weight excluding hydrogens is 362 g/mol. The number of aryl methyl sites for hydroxylation is 2. The van der Waals surface area contributed by atoms with Crippen molar-refractivity contribution in [2.75, 3.05) is 0 Å². The molecule has 2 N–H and O–H groups in total. The zero-order valence-corrected chi connectivity index (χ0v) is 17.3. The van der Waals surface area contributed by atoms with E-state index in [-0.39, 0.29) is 29.2 Å². The van der Waals surface area contributed by atoms with Crippen LogP contribution in [0.25, 0.3) is 11.2 Å². The minimum absolute atomic E-state index is 0.0738. The van der Waals surface area contributed by atoms with E-state index in [0.29, 0.717) is 37.0 Å². The molecule has 0 aliphatic heterocycles. The molecule has 2 heterocycles. The van der Waals surface area contributed by atoms with E-state index in [4.69, 9.17) is 10.5 Å². The molecule has 0 saturated carbocycles. The number of fused-ring (bicyclic) bond motifs is 1. The van der Waals surface area contributed by atoms with E-state index in [1.54, 1.807) is 18.7 Å². The highest BCUT2D eigenvalue weighted by Crippen LogP contribution is 2.11. The summed E-state index contributed by atoms with van der Waals surface area (Å²) < 4.78 is 9.65. The Labute approximate surface area is 164 Å². The van der Waals surface area contributed by atoms with Crippen LogP contribution >= 0.6 is 0 Å². The van der Waals surface area contributed by atoms with Gasteiger partial charge < -0.3 is 15.0 Å². The van der Waals surface area contributed by atoms with Gasteiger partial charge in [-0.1, -0.05) is 20.3 Å². The van der Waals surface area contributed by atoms with E-state index in [1.165, 1.54) is 15.5 Å². The summed E-state index contributed by atoms with van der Waals surface area (Å²) >= 11 is 0. The summed E-state index contributed by atoms with van der Waals surface area (Å²) in [4.78, 5) is 41.2. The first-order chi connectivity index (χ1) is 13.2. The Bertz CT molecular complexity index is 942. The van der Waals surface area contributed by atoms with E-state index in [0.717, 1.165) is 6.42 Å². The summed E-state index contributed by atoms with van der Waals surface area (Å²) in [5.41, 5.74) is 5.96. The van der Waals surface area contributed by atoms with Gasteiger partial charge in [0.1, 0.15) is 6.04 Å². The van der Waals surface area contributed by atoms with Crippen LogP contribution in [0.3, 0.4) is 0 Å². The lowest BCUT2D eigenvalue weighted by Crippen LogP contribution is -2.40. The number of unbranched alkanes of at least 4 members (excludes halogenated alkanes) is 1. The summed E-state index contributed by atoms with van der Waals surface area (Å²) in [6.45, 7) is 6.04. The number of carbonyl (C=O) groups is 1. The molecule has 0 aliphatic carbocycles. The van der Waals surface area contributed by atoms with Crippen LogP contribution in [0.5, 0.6) is 0 Å². The largest absolute Gasteiger partial charge is 0.462 e. The highest BCUT2D eigenvalue weighted by molar-refractivity contribution is 5.76. The van der Waals surface area contributed by atoms with Crippen molar-refractivity contribution in [2.45, 2.75) is 65.1 Å². The Hall–Kier alpha value is -2.42. The fraction of sp³-hybridized carbons (Fsp3) is 0.684. The van der Waals surface area contributed by atoms with Gasteiger partial charge in [0.25, 0.3) is 5.56 Å². The predicted molar refractivity (Wildman–Crippen MR) is 107 cm³/mol. The van der Waals surface area contributed by atoms with E-state index in [2.05, 4.69) is 4.98 Å². The number of hydrogen-bond donors (Lipinski definition) is 1. The molecule has 0 aliphatic rings. The average Bonchev–Trinajstić information content (AvgIpc) is 3.06. The third-order valence-electron chi connectivity index (χ3n) is 5.29. The second-order valence-corrected chi connectivity index (χ2v) is 7.48. The molecule has 0 bridgehead atoms. The number of nitrogens with zero attached hydrogens (tertiary/aromatic N) is 4. The van der Waals surface area contributed by atoms with Crippen molar-refractivity contribution >= 4 is 17.1 Å². The monoisotopic (exact) mass is 393 g/mol. The molecular formula is C19H31N5O4. The van der Waals surface area contributed by atoms with Crippen LogP contribution in [-0.4, -0.2) is 36.8 Å². The molecule has 156 valence electrons. The van der Waals surface area contributed by atoms with Crippen molar-refractivity contribution in [1.82, 2.24) is 18.7 Å². The molecule has 3 unspecified atom stereocenters. The molecule has 0 fully saturated rings. The molecule has 0 spiro atoms. The Morgan fingerprint density at radius 1 is 1.25 bits per heavy atom. The summed E-state index contributed by atoms with van der Waals surface area (Å²) in [7, 11) is 3.33. The Balaban J connectivity index is 1.94. The maximum atomic E-state index is 12.6. The second-order valence-electron chi connectivity index (χ2n) is 7.48. The van der Waals surface area contributed by atoms with E-state index in [1.807, 2.05) is 20.8 Å². The first-order valence-corrected chi connectivity index (χ1v) is 9.75. The number of carbonyl (C=O) groups excluding carboxylic acids is 1. The fourth-order valence-corrected chi connectivity index (χ4v) is 3.12. The Kier molecular flexibility index (Phi) is 7.17. The zero-order chi connectivity index (χ0) is 21.0. The molecule has 2 aromatic rings. The van der Waals surface area contributed by atoms with Crippen LogP contribution in [0.15, 0.2) is 15.9 Å². The van der Waals surface area contributed by atoms with Gasteiger partial charge in [-0.05, 0) is 32.1 Å². The molecule has 2 rings (SSSR count). The predicted octanol–water partition coefficient (Wildman–Crippen LogP) is 0.909. The molecule has 0 saturated heterocycles. The molecule has 0 amide bonds. The molecule has 28 heavy (non-hydrogen) atoms. The number of hydrogen-bond acceptors (Lipinski definition) is 6. The van der Waals surface area contributed by atoms with Gasteiger partial charge in [0.05, 0.1) is 12.4 Å². The summed E-state index contributed by atoms with van der Waals surface area (Å²) in [6.07, 6.45) is 4.05. The van der Waals surface area contributed by atoms with Crippen molar-refractivity contribution in [3.05, 3.63) is 27.2 Å². The second kappa shape index (κ2) is 9.18. The molecule has 3 atom stereocenters. The molecule has 0 radical (unpaired) electrons. The van der Waals surface area contributed by atoms with Crippen LogP contribution in [0.1, 0.15) is 46.5 Å². The number of ether oxygens (including phenoxy) is 1. The quantitative estimate of drug-likeness (QED) is 0.500. The summed E-state index contributed by atoms with van der Waals surface area (Å²) in [5.74, 6) is -0.307. The Morgan fingerprint density at radius 2 is 1.93 bits per heavy atom. The van der Waals surface area contributed by atoms with Crippen molar-refractivity contribution < 1.29 is 9.53 Å². The van der Waals surface area contributed by atoms with E-state index >= 15 is 0 Å². The van der Waals surface area contributed by atoms with Crippen molar-refractivity contribution in [3.8, 4) is 0 Å². The minimum atomic E-state index is -0.611. The van der Waals surface area contributed by atoms with Crippen LogP contribution in [0, 0.1) is 5.92 Å². The maximum Gasteiger partial charge on any atom is 0.332 e. The lowest BCUT2D eigenvalue weighted by molar-refractivity contribution is -0.151. The van der Waals surface area contributed by atoms with Crippen LogP contribution in [-0.2, 0) is 30.2 Å². The van der Waals surface area contributed by atoms with Gasteiger partial charge in [-0.15, -0.1) is 0 Å². The number of aromatic nitrogens is 4. The van der Waals surface area contributed by atoms with Crippen molar-refractivity contribution in [1.29, 1.82) is 0 Å². The van der Waals surface area contributed by atoms with Gasteiger partial charge >= 0.3 is 11.7 Å². The normalized spacial score (nSPS) is 14.8. The molecule has 9 nitrogen and oxygen atoms in total. The van der Waals surface area contributed by atoms with E-state index < -0.39 is 6.04 Å². The van der Waals surface area contributed by atoms with Gasteiger partial charge in [0.15, 0.2) is 11.2 Å². The smallest absolute Gasteiger partial charge is 0.332 e. The summed E-state index contributed by atoms with van der Waals surface area (Å²) in [5, 5.41) is 0. The third kappa shape index (κ3) is 4.52. The SMILES string of the molecule is CCC(C)C(N)C(=O)OC(C)CCCCn1c(=O)c2c(ncn2C)n(C)c1=O. The van der Waals surface area contributed by atoms with Crippen LogP contribution in [0.4, 0.5) is 0 Å². The van der Waals surface area contributed by atoms with Crippen molar-refractivity contribution in [2.24, 2.45) is 25.7 Å². The topological polar surface area (TPSA) is 114 Å². The fourth-order valence-electron chi connectivity index (χ4n) is 3.12. The highest BCUT2D eigenvalue weighted by atomic mass is 16.5. The molecule has 2 aromatic heterocycles. The van der Waals surface area contributed by atoms with Gasteiger partial charge in [-0.2, -0.15) is 0 Å². The maximum absolute atomic E-state index is 12.6. The number of esters is 1. The standard InChI is InChI=1S/C19H31N5O4/c1-6-12(2)14(20)18(26)28-13(3)9-7-8-10-24-17(25)15-16(21-11-22(15)4)23(5)19(24)27/h11-14H,6-10,20H2,1-5H3. The minimum Gasteiger partial charge on any atom is -0.462 e. The third-order valence-corrected chi connectivity index (χ3v) is 5.29. The number of rotatable bonds is 9. The lowest BCUT2D eigenvalue weighted by atomic mass is 10.0. The van der Waals surface area contributed by atoms with Gasteiger partial charge in [0, 0.05) is 20.6 Å². The zero-order valence-electron chi connectivity index (χ0n) is 17.3.